The van der Waals surface area contributed by atoms with Crippen LogP contribution >= 0.6 is 11.6 Å². The van der Waals surface area contributed by atoms with Crippen molar-refractivity contribution < 1.29 is 13.3 Å². The van der Waals surface area contributed by atoms with E-state index in [2.05, 4.69) is 4.72 Å². The first-order chi connectivity index (χ1) is 9.60. The zero-order valence-corrected chi connectivity index (χ0v) is 13.2. The lowest BCUT2D eigenvalue weighted by atomic mass is 10.1. The molecular formula is C12H14ClN3O4S. The summed E-state index contributed by atoms with van der Waals surface area (Å²) in [6.45, 7) is 4.79. The van der Waals surface area contributed by atoms with E-state index in [0.717, 1.165) is 12.1 Å². The molecule has 0 saturated heterocycles. The van der Waals surface area contributed by atoms with Crippen LogP contribution in [0.15, 0.2) is 17.0 Å². The van der Waals surface area contributed by atoms with Gasteiger partial charge in [-0.2, -0.15) is 9.98 Å². The summed E-state index contributed by atoms with van der Waals surface area (Å²) in [6, 6.07) is 2.95. The number of hydrogen-bond donors (Lipinski definition) is 1. The van der Waals surface area contributed by atoms with Crippen LogP contribution in [0.25, 0.3) is 0 Å². The van der Waals surface area contributed by atoms with Crippen LogP contribution in [0.3, 0.4) is 0 Å². The van der Waals surface area contributed by atoms with Gasteiger partial charge < -0.3 is 0 Å². The second-order valence-corrected chi connectivity index (χ2v) is 6.90. The van der Waals surface area contributed by atoms with Crippen molar-refractivity contribution in [2.24, 2.45) is 5.92 Å². The highest BCUT2D eigenvalue weighted by molar-refractivity contribution is 7.89. The van der Waals surface area contributed by atoms with E-state index in [4.69, 9.17) is 16.9 Å². The normalized spacial score (nSPS) is 13.0. The fourth-order valence-electron chi connectivity index (χ4n) is 1.53. The fraction of sp³-hybridized carbons (Fsp3) is 0.417. The third-order valence-corrected chi connectivity index (χ3v) is 4.70. The standard InChI is InChI=1S/C12H14ClN3O4S/c1-7(2)11(6-14)15-21(19,20)9-4-10(13)8(3)12(5-9)16(17)18/h4-5,7,11,15H,1-3H3. The summed E-state index contributed by atoms with van der Waals surface area (Å²) in [5.74, 6) is -0.249. The van der Waals surface area contributed by atoms with Gasteiger partial charge in [0.15, 0.2) is 0 Å². The summed E-state index contributed by atoms with van der Waals surface area (Å²) < 4.78 is 26.6. The Hall–Kier alpha value is -1.69. The van der Waals surface area contributed by atoms with E-state index in [1.165, 1.54) is 6.92 Å². The van der Waals surface area contributed by atoms with Crippen LogP contribution in [-0.2, 0) is 10.0 Å². The van der Waals surface area contributed by atoms with E-state index >= 15 is 0 Å². The predicted octanol–water partition coefficient (Wildman–Crippen LogP) is 2.38. The van der Waals surface area contributed by atoms with Crippen LogP contribution < -0.4 is 4.72 Å². The van der Waals surface area contributed by atoms with Crippen LogP contribution in [0.4, 0.5) is 5.69 Å². The number of nitriles is 1. The van der Waals surface area contributed by atoms with Gasteiger partial charge in [-0.1, -0.05) is 25.4 Å². The van der Waals surface area contributed by atoms with E-state index in [1.807, 2.05) is 6.07 Å². The molecule has 0 aliphatic carbocycles. The average molecular weight is 332 g/mol. The van der Waals surface area contributed by atoms with Crippen molar-refractivity contribution in [2.75, 3.05) is 0 Å². The first-order valence-electron chi connectivity index (χ1n) is 5.96. The zero-order valence-electron chi connectivity index (χ0n) is 11.6. The molecule has 7 nitrogen and oxygen atoms in total. The lowest BCUT2D eigenvalue weighted by Crippen LogP contribution is -2.37. The van der Waals surface area contributed by atoms with Crippen LogP contribution in [0.2, 0.25) is 5.02 Å². The quantitative estimate of drug-likeness (QED) is 0.657. The molecule has 9 heteroatoms. The van der Waals surface area contributed by atoms with Gasteiger partial charge >= 0.3 is 0 Å². The lowest BCUT2D eigenvalue weighted by Gasteiger charge is -2.15. The minimum absolute atomic E-state index is 0.0253. The molecule has 21 heavy (non-hydrogen) atoms. The van der Waals surface area contributed by atoms with Gasteiger partial charge in [0.2, 0.25) is 10.0 Å². The molecule has 0 aliphatic rings. The largest absolute Gasteiger partial charge is 0.275 e. The van der Waals surface area contributed by atoms with E-state index in [0.29, 0.717) is 0 Å². The molecule has 0 aliphatic heterocycles. The van der Waals surface area contributed by atoms with Gasteiger partial charge in [0.1, 0.15) is 6.04 Å². The monoisotopic (exact) mass is 331 g/mol. The summed E-state index contributed by atoms with van der Waals surface area (Å²) in [7, 11) is -4.07. The first kappa shape index (κ1) is 17.4. The summed E-state index contributed by atoms with van der Waals surface area (Å²) in [5.41, 5.74) is -0.206. The van der Waals surface area contributed by atoms with Crippen molar-refractivity contribution in [3.05, 3.63) is 32.8 Å². The topological polar surface area (TPSA) is 113 Å². The third kappa shape index (κ3) is 3.91. The maximum absolute atomic E-state index is 12.2. The number of nitro benzene ring substituents is 1. The average Bonchev–Trinajstić information content (AvgIpc) is 2.38. The SMILES string of the molecule is Cc1c(Cl)cc(S(=O)(=O)NC(C#N)C(C)C)cc1[N+](=O)[O-]. The Morgan fingerprint density at radius 3 is 2.43 bits per heavy atom. The van der Waals surface area contributed by atoms with Crippen molar-refractivity contribution >= 4 is 27.3 Å². The van der Waals surface area contributed by atoms with E-state index < -0.39 is 21.0 Å². The molecule has 0 fully saturated rings. The number of halogens is 1. The highest BCUT2D eigenvalue weighted by Gasteiger charge is 2.26. The summed E-state index contributed by atoms with van der Waals surface area (Å²) >= 11 is 5.84. The number of sulfonamides is 1. The van der Waals surface area contributed by atoms with Gasteiger partial charge in [-0.15, -0.1) is 0 Å². The maximum atomic E-state index is 12.2. The fourth-order valence-corrected chi connectivity index (χ4v) is 3.15. The minimum atomic E-state index is -4.07. The molecule has 0 spiro atoms. The highest BCUT2D eigenvalue weighted by Crippen LogP contribution is 2.29. The van der Waals surface area contributed by atoms with Crippen LogP contribution in [0, 0.1) is 34.3 Å². The van der Waals surface area contributed by atoms with Crippen molar-refractivity contribution in [1.29, 1.82) is 5.26 Å². The Morgan fingerprint density at radius 1 is 1.43 bits per heavy atom. The number of nitrogens with zero attached hydrogens (tertiary/aromatic N) is 2. The van der Waals surface area contributed by atoms with Crippen LogP contribution in [0.5, 0.6) is 0 Å². The van der Waals surface area contributed by atoms with Gasteiger partial charge in [-0.3, -0.25) is 10.1 Å². The molecule has 0 aromatic heterocycles. The Balaban J connectivity index is 3.33. The number of hydrogen-bond acceptors (Lipinski definition) is 5. The van der Waals surface area contributed by atoms with E-state index in [9.17, 15) is 18.5 Å². The smallest absolute Gasteiger partial charge is 0.258 e. The molecule has 1 N–H and O–H groups in total. The third-order valence-electron chi connectivity index (χ3n) is 2.89. The van der Waals surface area contributed by atoms with Crippen molar-refractivity contribution in [1.82, 2.24) is 4.72 Å². The molecule has 1 aromatic rings. The minimum Gasteiger partial charge on any atom is -0.258 e. The molecule has 0 heterocycles. The molecule has 1 rings (SSSR count). The van der Waals surface area contributed by atoms with Crippen LogP contribution in [0.1, 0.15) is 19.4 Å². The summed E-state index contributed by atoms with van der Waals surface area (Å²) in [5, 5.41) is 19.8. The first-order valence-corrected chi connectivity index (χ1v) is 7.82. The molecular weight excluding hydrogens is 318 g/mol. The summed E-state index contributed by atoms with van der Waals surface area (Å²) in [6.07, 6.45) is 0. The van der Waals surface area contributed by atoms with Gasteiger partial charge in [-0.05, 0) is 18.9 Å². The molecule has 1 aromatic carbocycles. The van der Waals surface area contributed by atoms with Crippen LogP contribution in [-0.4, -0.2) is 19.4 Å². The Labute approximate surface area is 127 Å². The Morgan fingerprint density at radius 2 is 2.00 bits per heavy atom. The Bertz CT molecular complexity index is 710. The number of nitrogens with one attached hydrogen (secondary N) is 1. The Kier molecular flexibility index (Phi) is 5.28. The predicted molar refractivity (Wildman–Crippen MR) is 77.4 cm³/mol. The molecule has 0 saturated carbocycles. The van der Waals surface area contributed by atoms with Crippen molar-refractivity contribution in [3.8, 4) is 6.07 Å². The van der Waals surface area contributed by atoms with E-state index in [1.54, 1.807) is 13.8 Å². The second-order valence-electron chi connectivity index (χ2n) is 4.78. The second kappa shape index (κ2) is 6.39. The van der Waals surface area contributed by atoms with Gasteiger partial charge in [-0.25, -0.2) is 8.42 Å². The van der Waals surface area contributed by atoms with Crippen molar-refractivity contribution in [3.63, 3.8) is 0 Å². The van der Waals surface area contributed by atoms with Crippen molar-refractivity contribution in [2.45, 2.75) is 31.7 Å². The number of rotatable bonds is 5. The zero-order chi connectivity index (χ0) is 16.4. The summed E-state index contributed by atoms with van der Waals surface area (Å²) in [4.78, 5) is 9.87. The molecule has 1 atom stereocenters. The van der Waals surface area contributed by atoms with E-state index in [-0.39, 0.29) is 27.1 Å². The van der Waals surface area contributed by atoms with Gasteiger partial charge in [0, 0.05) is 11.6 Å². The molecule has 0 bridgehead atoms. The molecule has 0 amide bonds. The number of benzene rings is 1. The number of nitro groups is 1. The van der Waals surface area contributed by atoms with Gasteiger partial charge in [0.05, 0.1) is 20.9 Å². The van der Waals surface area contributed by atoms with Gasteiger partial charge in [0.25, 0.3) is 5.69 Å². The molecule has 1 unspecified atom stereocenters. The lowest BCUT2D eigenvalue weighted by molar-refractivity contribution is -0.385. The highest BCUT2D eigenvalue weighted by atomic mass is 35.5. The molecule has 0 radical (unpaired) electrons. The maximum Gasteiger partial charge on any atom is 0.275 e. The molecule has 114 valence electrons.